The molecule has 186 valence electrons. The fourth-order valence-electron chi connectivity index (χ4n) is 3.96. The summed E-state index contributed by atoms with van der Waals surface area (Å²) in [6, 6.07) is 6.06. The third kappa shape index (κ3) is 6.17. The van der Waals surface area contributed by atoms with Crippen molar-refractivity contribution in [1.29, 1.82) is 0 Å². The van der Waals surface area contributed by atoms with Gasteiger partial charge >= 0.3 is 6.18 Å². The Bertz CT molecular complexity index is 1100. The van der Waals surface area contributed by atoms with Crippen LogP contribution in [0.25, 0.3) is 10.9 Å². The first kappa shape index (κ1) is 27.8. The number of ketones is 1. The number of carbonyl (C=O) groups excluding carboxylic acids is 1. The first-order valence-corrected chi connectivity index (χ1v) is 12.0. The number of nitrogens with zero attached hydrogens (tertiary/aromatic N) is 3. The fourth-order valence-corrected chi connectivity index (χ4v) is 4.58. The number of carbonyl (C=O) groups is 1. The Kier molecular flexibility index (Phi) is 9.66. The second-order valence-electron chi connectivity index (χ2n) is 8.12. The number of aromatic nitrogens is 1. The van der Waals surface area contributed by atoms with Gasteiger partial charge in [-0.2, -0.15) is 13.2 Å². The van der Waals surface area contributed by atoms with Crippen LogP contribution in [0.4, 0.5) is 13.2 Å². The van der Waals surface area contributed by atoms with Crippen LogP contribution >= 0.6 is 11.8 Å². The molecule has 2 aromatic rings. The number of benzene rings is 1. The smallest absolute Gasteiger partial charge is 0.392 e. The van der Waals surface area contributed by atoms with Gasteiger partial charge in [-0.05, 0) is 56.6 Å². The molecule has 6 nitrogen and oxygen atoms in total. The molecule has 0 amide bonds. The molecular weight excluding hydrogens is 465 g/mol. The van der Waals surface area contributed by atoms with E-state index in [1.165, 1.54) is 11.8 Å². The van der Waals surface area contributed by atoms with Crippen LogP contribution in [0.15, 0.2) is 44.3 Å². The lowest BCUT2D eigenvalue weighted by Crippen LogP contribution is -2.25. The Morgan fingerprint density at radius 1 is 1.32 bits per heavy atom. The lowest BCUT2D eigenvalue weighted by Gasteiger charge is -2.22. The first-order valence-electron chi connectivity index (χ1n) is 10.8. The Hall–Kier alpha value is -2.43. The summed E-state index contributed by atoms with van der Waals surface area (Å²) in [5.41, 5.74) is 0.828. The van der Waals surface area contributed by atoms with Crippen molar-refractivity contribution < 1.29 is 23.1 Å². The zero-order valence-electron chi connectivity index (χ0n) is 20.0. The molecule has 0 aliphatic rings. The zero-order chi connectivity index (χ0) is 25.6. The number of hydrogen-bond acceptors (Lipinski definition) is 6. The van der Waals surface area contributed by atoms with E-state index in [4.69, 9.17) is 0 Å². The van der Waals surface area contributed by atoms with E-state index >= 15 is 0 Å². The Morgan fingerprint density at radius 3 is 2.47 bits per heavy atom. The number of Topliss-reactive ketones (excluding diaryl/α,β-unsaturated/α-hetero) is 1. The molecule has 1 heterocycles. The average molecular weight is 497 g/mol. The standard InChI is InChI=1S/C24H31F3N4O2S/c1-14(2)22(28-4)20-10-16-9-17(13-32)21(34-6)11-19(16)31(20)8-7-30-12-18(15(3)33)23(29-5)24(25,26)27/h9-12,14,22,28,32H,5,7-8,13H2,1-4,6H3/b23-18+,30-12?. The summed E-state index contributed by atoms with van der Waals surface area (Å²) < 4.78 is 41.7. The molecular formula is C24H31F3N4O2S. The number of hydrogen-bond donors (Lipinski definition) is 2. The highest BCUT2D eigenvalue weighted by molar-refractivity contribution is 7.98. The number of aliphatic hydroxyl groups excluding tert-OH is 1. The summed E-state index contributed by atoms with van der Waals surface area (Å²) >= 11 is 1.53. The van der Waals surface area contributed by atoms with Gasteiger partial charge in [0.15, 0.2) is 11.5 Å². The van der Waals surface area contributed by atoms with Crippen molar-refractivity contribution in [2.24, 2.45) is 15.9 Å². The van der Waals surface area contributed by atoms with Crippen molar-refractivity contribution in [3.05, 3.63) is 40.7 Å². The van der Waals surface area contributed by atoms with Crippen molar-refractivity contribution in [2.75, 3.05) is 19.8 Å². The largest absolute Gasteiger partial charge is 0.434 e. The Morgan fingerprint density at radius 2 is 2.00 bits per heavy atom. The third-order valence-electron chi connectivity index (χ3n) is 5.54. The number of thioether (sulfide) groups is 1. The minimum absolute atomic E-state index is 0.0289. The van der Waals surface area contributed by atoms with Crippen LogP contribution in [0, 0.1) is 5.92 Å². The van der Waals surface area contributed by atoms with Crippen LogP contribution < -0.4 is 5.32 Å². The molecule has 2 N–H and O–H groups in total. The number of aliphatic imine (C=N–C) groups is 2. The van der Waals surface area contributed by atoms with Gasteiger partial charge in [-0.25, -0.2) is 0 Å². The van der Waals surface area contributed by atoms with E-state index in [0.29, 0.717) is 6.54 Å². The van der Waals surface area contributed by atoms with Crippen LogP contribution in [-0.4, -0.2) is 54.4 Å². The minimum atomic E-state index is -4.80. The minimum Gasteiger partial charge on any atom is -0.392 e. The van der Waals surface area contributed by atoms with Crippen LogP contribution in [0.1, 0.15) is 38.1 Å². The second-order valence-corrected chi connectivity index (χ2v) is 8.97. The van der Waals surface area contributed by atoms with Crippen LogP contribution in [0.5, 0.6) is 0 Å². The van der Waals surface area contributed by atoms with Crippen LogP contribution in [-0.2, 0) is 17.9 Å². The lowest BCUT2D eigenvalue weighted by molar-refractivity contribution is -0.115. The number of rotatable bonds is 11. The summed E-state index contributed by atoms with van der Waals surface area (Å²) in [7, 11) is 1.88. The molecule has 2 rings (SSSR count). The normalized spacial score (nSPS) is 14.2. The number of halogens is 3. The first-order chi connectivity index (χ1) is 16.0. The maximum Gasteiger partial charge on any atom is 0.434 e. The van der Waals surface area contributed by atoms with E-state index < -0.39 is 23.2 Å². The molecule has 0 saturated carbocycles. The Labute approximate surface area is 202 Å². The van der Waals surface area contributed by atoms with E-state index in [9.17, 15) is 23.1 Å². The number of nitrogens with one attached hydrogen (secondary N) is 1. The molecule has 0 aliphatic carbocycles. The van der Waals surface area contributed by atoms with E-state index in [2.05, 4.69) is 46.5 Å². The highest BCUT2D eigenvalue weighted by Gasteiger charge is 2.36. The molecule has 0 radical (unpaired) electrons. The molecule has 1 aromatic carbocycles. The number of aliphatic hydroxyl groups is 1. The maximum atomic E-state index is 13.2. The van der Waals surface area contributed by atoms with Gasteiger partial charge in [0.05, 0.1) is 18.7 Å². The van der Waals surface area contributed by atoms with Crippen molar-refractivity contribution in [3.8, 4) is 0 Å². The number of allylic oxidation sites excluding steroid dienone is 2. The molecule has 0 spiro atoms. The molecule has 1 atom stereocenters. The van der Waals surface area contributed by atoms with E-state index in [1.807, 2.05) is 25.4 Å². The summed E-state index contributed by atoms with van der Waals surface area (Å²) in [6.07, 6.45) is -1.93. The fraction of sp³-hybridized carbons (Fsp3) is 0.458. The van der Waals surface area contributed by atoms with Crippen LogP contribution in [0.3, 0.4) is 0 Å². The van der Waals surface area contributed by atoms with Gasteiger partial charge in [0.25, 0.3) is 0 Å². The predicted octanol–water partition coefficient (Wildman–Crippen LogP) is 4.95. The molecule has 0 fully saturated rings. The molecule has 0 saturated heterocycles. The SMILES string of the molecule is C=N/C(=C(\C=NCCn1c(C(NC)C(C)C)cc2cc(CO)c(SC)cc21)C(C)=O)C(F)(F)F. The van der Waals surface area contributed by atoms with Crippen molar-refractivity contribution in [3.63, 3.8) is 0 Å². The molecule has 1 aromatic heterocycles. The monoisotopic (exact) mass is 496 g/mol. The Balaban J connectivity index is 2.52. The summed E-state index contributed by atoms with van der Waals surface area (Å²) in [4.78, 5) is 19.9. The number of alkyl halides is 3. The topological polar surface area (TPSA) is 79.0 Å². The highest BCUT2D eigenvalue weighted by atomic mass is 32.2. The van der Waals surface area contributed by atoms with Crippen molar-refractivity contribution in [2.45, 2.75) is 51.0 Å². The third-order valence-corrected chi connectivity index (χ3v) is 6.36. The second kappa shape index (κ2) is 11.8. The van der Waals surface area contributed by atoms with Gasteiger partial charge in [-0.3, -0.25) is 14.8 Å². The summed E-state index contributed by atoms with van der Waals surface area (Å²) in [5.74, 6) is -0.513. The molecule has 10 heteroatoms. The quantitative estimate of drug-likeness (QED) is 0.262. The maximum absolute atomic E-state index is 13.2. The predicted molar refractivity (Wildman–Crippen MR) is 133 cm³/mol. The van der Waals surface area contributed by atoms with E-state index in [0.717, 1.165) is 40.2 Å². The van der Waals surface area contributed by atoms with Gasteiger partial charge in [0.2, 0.25) is 0 Å². The van der Waals surface area contributed by atoms with Gasteiger partial charge in [0.1, 0.15) is 0 Å². The van der Waals surface area contributed by atoms with E-state index in [-0.39, 0.29) is 25.1 Å². The van der Waals surface area contributed by atoms with Gasteiger partial charge in [-0.15, -0.1) is 11.8 Å². The summed E-state index contributed by atoms with van der Waals surface area (Å²) in [5, 5.41) is 14.0. The molecule has 1 unspecified atom stereocenters. The lowest BCUT2D eigenvalue weighted by atomic mass is 10.0. The average Bonchev–Trinajstić information content (AvgIpc) is 3.10. The molecule has 34 heavy (non-hydrogen) atoms. The van der Waals surface area contributed by atoms with Crippen molar-refractivity contribution >= 4 is 41.4 Å². The van der Waals surface area contributed by atoms with Crippen molar-refractivity contribution in [1.82, 2.24) is 9.88 Å². The molecule has 0 aliphatic heterocycles. The van der Waals surface area contributed by atoms with Gasteiger partial charge in [-0.1, -0.05) is 13.8 Å². The van der Waals surface area contributed by atoms with Crippen LogP contribution in [0.2, 0.25) is 0 Å². The highest BCUT2D eigenvalue weighted by Crippen LogP contribution is 2.33. The zero-order valence-corrected chi connectivity index (χ0v) is 20.8. The van der Waals surface area contributed by atoms with Gasteiger partial charge < -0.3 is 15.0 Å². The summed E-state index contributed by atoms with van der Waals surface area (Å²) in [6.45, 7) is 8.65. The van der Waals surface area contributed by atoms with Gasteiger partial charge in [0, 0.05) is 40.3 Å². The van der Waals surface area contributed by atoms with E-state index in [1.54, 1.807) is 0 Å². The number of fused-ring (bicyclic) bond motifs is 1. The molecule has 0 bridgehead atoms.